The van der Waals surface area contributed by atoms with Gasteiger partial charge in [0.05, 0.1) is 32.0 Å². The monoisotopic (exact) mass is 764 g/mol. The second kappa shape index (κ2) is 28.2. The van der Waals surface area contributed by atoms with E-state index in [9.17, 15) is 45.6 Å². The maximum absolute atomic E-state index is 13.0. The molecule has 0 saturated carbocycles. The summed E-state index contributed by atoms with van der Waals surface area (Å²) >= 11 is 0. The maximum atomic E-state index is 13.0. The highest BCUT2D eigenvalue weighted by atomic mass is 16.7. The first-order valence-corrected chi connectivity index (χ1v) is 20.4. The van der Waals surface area contributed by atoms with E-state index in [4.69, 9.17) is 18.9 Å². The van der Waals surface area contributed by atoms with Crippen LogP contribution in [0.15, 0.2) is 12.2 Å². The summed E-state index contributed by atoms with van der Waals surface area (Å²) in [6.07, 6.45) is 7.15. The van der Waals surface area contributed by atoms with Crippen molar-refractivity contribution in [1.82, 2.24) is 5.32 Å². The van der Waals surface area contributed by atoms with E-state index in [2.05, 4.69) is 19.2 Å². The number of nitrogens with one attached hydrogen (secondary N) is 1. The van der Waals surface area contributed by atoms with Crippen LogP contribution in [-0.4, -0.2) is 140 Å². The van der Waals surface area contributed by atoms with Gasteiger partial charge < -0.3 is 65.1 Å². The van der Waals surface area contributed by atoms with Gasteiger partial charge in [-0.25, -0.2) is 0 Å². The van der Waals surface area contributed by atoms with E-state index in [1.165, 1.54) is 70.6 Å². The highest BCUT2D eigenvalue weighted by Crippen LogP contribution is 2.29. The lowest BCUT2D eigenvalue weighted by Crippen LogP contribution is -2.65. The zero-order chi connectivity index (χ0) is 39.0. The van der Waals surface area contributed by atoms with Crippen LogP contribution in [0.5, 0.6) is 0 Å². The molecule has 312 valence electrons. The first-order valence-electron chi connectivity index (χ1n) is 20.4. The standard InChI is InChI=1S/C39H73NO13/c1-3-5-7-9-11-13-15-17-19-21-23-31(44)40-27(28(43)22-20-18-16-14-12-10-8-6-4-2)26-50-38-36(49)34(47)37(30(25-42)52-38)53-39-35(48)33(46)32(45)29(24-41)51-39/h20,22,27-30,32-39,41-43,45-49H,3-19,21,23-26H2,1-2H3,(H,40,44)/b22-20+/t27-,28+,29+,30+,32-,33?,34?,35?,36?,37+,38+,39-/m0/s1. The predicted molar refractivity (Wildman–Crippen MR) is 199 cm³/mol. The number of hydrogen-bond donors (Lipinski definition) is 9. The van der Waals surface area contributed by atoms with Crippen molar-refractivity contribution in [3.63, 3.8) is 0 Å². The van der Waals surface area contributed by atoms with Crippen LogP contribution >= 0.6 is 0 Å². The fourth-order valence-electron chi connectivity index (χ4n) is 6.76. The lowest BCUT2D eigenvalue weighted by atomic mass is 9.97. The van der Waals surface area contributed by atoms with E-state index in [1.807, 2.05) is 6.08 Å². The van der Waals surface area contributed by atoms with Crippen molar-refractivity contribution < 1.29 is 64.6 Å². The van der Waals surface area contributed by atoms with Gasteiger partial charge in [-0.05, 0) is 19.3 Å². The third kappa shape index (κ3) is 17.6. The predicted octanol–water partition coefficient (Wildman–Crippen LogP) is 2.48. The maximum Gasteiger partial charge on any atom is 0.220 e. The molecule has 2 aliphatic rings. The van der Waals surface area contributed by atoms with E-state index < -0.39 is 86.8 Å². The topological polar surface area (TPSA) is 228 Å². The Bertz CT molecular complexity index is 956. The molecule has 9 N–H and O–H groups in total. The summed E-state index contributed by atoms with van der Waals surface area (Å²) in [6, 6.07) is -0.903. The molecule has 2 rings (SSSR count). The molecule has 2 aliphatic heterocycles. The Balaban J connectivity index is 1.96. The summed E-state index contributed by atoms with van der Waals surface area (Å²) in [5, 5.41) is 86.0. The molecule has 0 aromatic heterocycles. The van der Waals surface area contributed by atoms with Crippen LogP contribution in [0.3, 0.4) is 0 Å². The average molecular weight is 764 g/mol. The largest absolute Gasteiger partial charge is 0.394 e. The molecule has 1 amide bonds. The Morgan fingerprint density at radius 3 is 1.74 bits per heavy atom. The molecule has 0 aromatic carbocycles. The lowest BCUT2D eigenvalue weighted by Gasteiger charge is -2.46. The van der Waals surface area contributed by atoms with Crippen molar-refractivity contribution >= 4 is 5.91 Å². The third-order valence-electron chi connectivity index (χ3n) is 10.2. The van der Waals surface area contributed by atoms with Gasteiger partial charge >= 0.3 is 0 Å². The van der Waals surface area contributed by atoms with Crippen LogP contribution in [-0.2, 0) is 23.7 Å². The zero-order valence-electron chi connectivity index (χ0n) is 32.3. The summed E-state index contributed by atoms with van der Waals surface area (Å²) in [4.78, 5) is 13.0. The van der Waals surface area contributed by atoms with Gasteiger partial charge in [0, 0.05) is 6.42 Å². The van der Waals surface area contributed by atoms with Crippen LogP contribution in [0, 0.1) is 0 Å². The van der Waals surface area contributed by atoms with Gasteiger partial charge in [0.1, 0.15) is 48.8 Å². The molecule has 12 atom stereocenters. The smallest absolute Gasteiger partial charge is 0.220 e. The van der Waals surface area contributed by atoms with E-state index in [-0.39, 0.29) is 18.9 Å². The van der Waals surface area contributed by atoms with Gasteiger partial charge in [0.15, 0.2) is 12.6 Å². The van der Waals surface area contributed by atoms with E-state index in [0.717, 1.165) is 38.5 Å². The summed E-state index contributed by atoms with van der Waals surface area (Å²) in [5.41, 5.74) is 0. The quantitative estimate of drug-likeness (QED) is 0.0395. The number of allylic oxidation sites excluding steroid dienone is 1. The number of ether oxygens (including phenoxy) is 4. The number of carbonyl (C=O) groups is 1. The van der Waals surface area contributed by atoms with E-state index in [0.29, 0.717) is 6.42 Å². The molecule has 0 spiro atoms. The molecule has 14 heteroatoms. The van der Waals surface area contributed by atoms with Crippen molar-refractivity contribution in [1.29, 1.82) is 0 Å². The highest BCUT2D eigenvalue weighted by Gasteiger charge is 2.50. The van der Waals surface area contributed by atoms with Crippen molar-refractivity contribution in [3.05, 3.63) is 12.2 Å². The normalized spacial score (nSPS) is 30.5. The molecule has 14 nitrogen and oxygen atoms in total. The number of rotatable bonds is 29. The van der Waals surface area contributed by atoms with Gasteiger partial charge in [-0.3, -0.25) is 4.79 Å². The molecule has 0 aliphatic carbocycles. The molecule has 2 saturated heterocycles. The fraction of sp³-hybridized carbons (Fsp3) is 0.923. The molecule has 0 aromatic rings. The van der Waals surface area contributed by atoms with Crippen LogP contribution < -0.4 is 5.32 Å². The zero-order valence-corrected chi connectivity index (χ0v) is 32.3. The summed E-state index contributed by atoms with van der Waals surface area (Å²) in [6.45, 7) is 2.69. The molecule has 0 radical (unpaired) electrons. The van der Waals surface area contributed by atoms with Crippen LogP contribution in [0.25, 0.3) is 0 Å². The minimum atomic E-state index is -1.78. The first-order chi connectivity index (χ1) is 25.6. The number of aliphatic hydroxyl groups is 8. The lowest BCUT2D eigenvalue weighted by molar-refractivity contribution is -0.359. The fourth-order valence-corrected chi connectivity index (χ4v) is 6.76. The Morgan fingerprint density at radius 2 is 1.17 bits per heavy atom. The molecule has 0 bridgehead atoms. The summed E-state index contributed by atoms with van der Waals surface area (Å²) in [7, 11) is 0. The van der Waals surface area contributed by atoms with Crippen LogP contribution in [0.4, 0.5) is 0 Å². The molecular weight excluding hydrogens is 690 g/mol. The average Bonchev–Trinajstić information content (AvgIpc) is 3.15. The van der Waals surface area contributed by atoms with E-state index >= 15 is 0 Å². The number of hydrogen-bond acceptors (Lipinski definition) is 13. The number of unbranched alkanes of at least 4 members (excludes halogenated alkanes) is 16. The molecule has 2 heterocycles. The minimum absolute atomic E-state index is 0.246. The summed E-state index contributed by atoms with van der Waals surface area (Å²) < 4.78 is 22.5. The number of carbonyl (C=O) groups excluding carboxylic acids is 1. The summed E-state index contributed by atoms with van der Waals surface area (Å²) in [5.74, 6) is -0.246. The minimum Gasteiger partial charge on any atom is -0.394 e. The highest BCUT2D eigenvalue weighted by molar-refractivity contribution is 5.76. The van der Waals surface area contributed by atoms with Gasteiger partial charge in [-0.2, -0.15) is 0 Å². The van der Waals surface area contributed by atoms with Crippen molar-refractivity contribution in [3.8, 4) is 0 Å². The molecule has 2 fully saturated rings. The Hall–Kier alpha value is -1.27. The van der Waals surface area contributed by atoms with E-state index in [1.54, 1.807) is 6.08 Å². The van der Waals surface area contributed by atoms with Gasteiger partial charge in [0.2, 0.25) is 5.91 Å². The van der Waals surface area contributed by atoms with Crippen LogP contribution in [0.1, 0.15) is 136 Å². The number of aliphatic hydroxyl groups excluding tert-OH is 8. The second-order valence-corrected chi connectivity index (χ2v) is 14.8. The van der Waals surface area contributed by atoms with Crippen molar-refractivity contribution in [2.75, 3.05) is 19.8 Å². The second-order valence-electron chi connectivity index (χ2n) is 14.8. The van der Waals surface area contributed by atoms with Crippen LogP contribution in [0.2, 0.25) is 0 Å². The molecule has 53 heavy (non-hydrogen) atoms. The number of amides is 1. The SMILES string of the molecule is CCCCCCCCC/C=C/[C@@H](O)[C@H](CO[C@@H]1O[C@H](CO)[C@@H](O[C@@H]2O[C@H](CO)[C@H](O)C(O)C2O)C(O)C1O)NC(=O)CCCCCCCCCCCC. The van der Waals surface area contributed by atoms with Gasteiger partial charge in [0.25, 0.3) is 0 Å². The van der Waals surface area contributed by atoms with Gasteiger partial charge in [-0.1, -0.05) is 122 Å². The first kappa shape index (κ1) is 47.9. The van der Waals surface area contributed by atoms with Crippen molar-refractivity contribution in [2.45, 2.75) is 209 Å². The van der Waals surface area contributed by atoms with Crippen molar-refractivity contribution in [2.24, 2.45) is 0 Å². The Morgan fingerprint density at radius 1 is 0.660 bits per heavy atom. The van der Waals surface area contributed by atoms with Gasteiger partial charge in [-0.15, -0.1) is 0 Å². The third-order valence-corrected chi connectivity index (χ3v) is 10.2. The molecule has 4 unspecified atom stereocenters. The Labute approximate surface area is 316 Å². The Kier molecular flexibility index (Phi) is 25.5. The molecular formula is C39H73NO13.